The number of aliphatic carboxylic acids is 1. The maximum Gasteiger partial charge on any atom is 0.573 e. The number of carbonyl (C=O) groups excluding carboxylic acids is 2. The van der Waals surface area contributed by atoms with Gasteiger partial charge < -0.3 is 19.6 Å². The van der Waals surface area contributed by atoms with Crippen molar-refractivity contribution in [2.75, 3.05) is 4.90 Å². The van der Waals surface area contributed by atoms with Crippen LogP contribution in [0.2, 0.25) is 5.02 Å². The third kappa shape index (κ3) is 5.54. The van der Waals surface area contributed by atoms with Gasteiger partial charge in [0.15, 0.2) is 0 Å². The Bertz CT molecular complexity index is 1300. The third-order valence-electron chi connectivity index (χ3n) is 7.55. The minimum absolute atomic E-state index is 0.104. The van der Waals surface area contributed by atoms with Crippen LogP contribution in [0, 0.1) is 11.7 Å². The van der Waals surface area contributed by atoms with Gasteiger partial charge in [-0.15, -0.1) is 13.2 Å². The number of carbonyl (C=O) groups is 3. The van der Waals surface area contributed by atoms with E-state index in [1.54, 1.807) is 4.90 Å². The highest BCUT2D eigenvalue weighted by atomic mass is 35.5. The normalized spacial score (nSPS) is 22.2. The first-order valence-corrected chi connectivity index (χ1v) is 13.0. The molecule has 1 heterocycles. The molecule has 5 rings (SSSR count). The first-order valence-electron chi connectivity index (χ1n) is 12.7. The fourth-order valence-electron chi connectivity index (χ4n) is 5.90. The molecule has 2 amide bonds. The fraction of sp³-hybridized carbons (Fsp3) is 0.444. The Kier molecular flexibility index (Phi) is 7.21. The van der Waals surface area contributed by atoms with Gasteiger partial charge in [0.1, 0.15) is 11.6 Å². The first-order chi connectivity index (χ1) is 18.4. The number of amides is 2. The van der Waals surface area contributed by atoms with Gasteiger partial charge in [-0.2, -0.15) is 0 Å². The van der Waals surface area contributed by atoms with Crippen molar-refractivity contribution < 1.29 is 41.8 Å². The van der Waals surface area contributed by atoms with Crippen LogP contribution in [0.3, 0.4) is 0 Å². The number of alkyl halides is 3. The largest absolute Gasteiger partial charge is 0.573 e. The summed E-state index contributed by atoms with van der Waals surface area (Å²) in [7, 11) is 0. The Morgan fingerprint density at radius 3 is 2.36 bits per heavy atom. The van der Waals surface area contributed by atoms with Gasteiger partial charge in [0, 0.05) is 35.5 Å². The minimum Gasteiger partial charge on any atom is -0.481 e. The number of hydrogen-bond donors (Lipinski definition) is 1. The van der Waals surface area contributed by atoms with Crippen LogP contribution in [0.25, 0.3) is 0 Å². The van der Waals surface area contributed by atoms with Crippen LogP contribution >= 0.6 is 11.6 Å². The van der Waals surface area contributed by atoms with Crippen LogP contribution < -0.4 is 9.64 Å². The number of hydrogen-bond acceptors (Lipinski definition) is 4. The average molecular weight is 569 g/mol. The van der Waals surface area contributed by atoms with Gasteiger partial charge in [0.05, 0.1) is 23.2 Å². The number of ether oxygens (including phenoxy) is 1. The van der Waals surface area contributed by atoms with E-state index in [0.29, 0.717) is 24.1 Å². The second-order valence-electron chi connectivity index (χ2n) is 10.1. The average Bonchev–Trinajstić information content (AvgIpc) is 3.58. The van der Waals surface area contributed by atoms with Gasteiger partial charge >= 0.3 is 12.3 Å². The second-order valence-corrected chi connectivity index (χ2v) is 10.5. The summed E-state index contributed by atoms with van der Waals surface area (Å²) in [6.07, 6.45) is -1.93. The number of benzene rings is 2. The van der Waals surface area contributed by atoms with E-state index in [-0.39, 0.29) is 47.3 Å². The third-order valence-corrected chi connectivity index (χ3v) is 7.84. The SMILES string of the molecule is O=C(O)CCC(=O)N(C1CC1)C1c2cc(F)c(Cl)cc2N(C(=O)c2ccc(OC(F)(F)F)cc2)C2CCCC21. The van der Waals surface area contributed by atoms with Gasteiger partial charge in [-0.3, -0.25) is 14.4 Å². The topological polar surface area (TPSA) is 87.2 Å². The molecule has 1 N–H and O–H groups in total. The van der Waals surface area contributed by atoms with Crippen molar-refractivity contribution in [2.24, 2.45) is 5.92 Å². The Morgan fingerprint density at radius 2 is 1.74 bits per heavy atom. The van der Waals surface area contributed by atoms with Crippen LogP contribution in [-0.4, -0.2) is 46.2 Å². The lowest BCUT2D eigenvalue weighted by Crippen LogP contribution is -2.53. The Morgan fingerprint density at radius 1 is 1.05 bits per heavy atom. The molecule has 0 bridgehead atoms. The van der Waals surface area contributed by atoms with Crippen molar-refractivity contribution >= 4 is 35.1 Å². The molecular weight excluding hydrogens is 544 g/mol. The maximum absolute atomic E-state index is 14.9. The van der Waals surface area contributed by atoms with Crippen molar-refractivity contribution in [1.82, 2.24) is 4.90 Å². The molecular formula is C27H25ClF4N2O5. The molecule has 3 aliphatic rings. The van der Waals surface area contributed by atoms with Gasteiger partial charge in [0.2, 0.25) is 5.91 Å². The smallest absolute Gasteiger partial charge is 0.481 e. The number of rotatable bonds is 7. The molecule has 3 atom stereocenters. The van der Waals surface area contributed by atoms with Crippen LogP contribution in [-0.2, 0) is 9.59 Å². The molecule has 12 heteroatoms. The van der Waals surface area contributed by atoms with Crippen LogP contribution in [0.15, 0.2) is 36.4 Å². The van der Waals surface area contributed by atoms with E-state index in [9.17, 15) is 31.9 Å². The zero-order valence-corrected chi connectivity index (χ0v) is 21.3. The number of fused-ring (bicyclic) bond motifs is 2. The number of halogens is 5. The number of nitrogens with zero attached hydrogens (tertiary/aromatic N) is 2. The molecule has 0 saturated heterocycles. The Balaban J connectivity index is 1.55. The van der Waals surface area contributed by atoms with Gasteiger partial charge in [-0.25, -0.2) is 4.39 Å². The molecule has 208 valence electrons. The lowest BCUT2D eigenvalue weighted by atomic mass is 9.81. The van der Waals surface area contributed by atoms with E-state index in [2.05, 4.69) is 4.74 Å². The molecule has 2 aromatic rings. The highest BCUT2D eigenvalue weighted by Crippen LogP contribution is 2.53. The van der Waals surface area contributed by atoms with Crippen LogP contribution in [0.4, 0.5) is 23.2 Å². The summed E-state index contributed by atoms with van der Waals surface area (Å²) < 4.78 is 56.5. The van der Waals surface area contributed by atoms with E-state index >= 15 is 0 Å². The Labute approximate surface area is 226 Å². The molecule has 2 aromatic carbocycles. The molecule has 39 heavy (non-hydrogen) atoms. The standard InChI is InChI=1S/C27H25ClF4N2O5/c28-19-13-22-18(12-20(19)29)25(33(15-6-7-15)23(35)10-11-24(36)37)17-2-1-3-21(17)34(22)26(38)14-4-8-16(9-5-14)39-27(30,31)32/h4-5,8-9,12-13,15,17,21,25H,1-3,6-7,10-11H2,(H,36,37). The van der Waals surface area contributed by atoms with E-state index in [0.717, 1.165) is 31.4 Å². The predicted octanol–water partition coefficient (Wildman–Crippen LogP) is 6.10. The van der Waals surface area contributed by atoms with Crippen LogP contribution in [0.1, 0.15) is 66.9 Å². The lowest BCUT2D eigenvalue weighted by molar-refractivity contribution is -0.274. The van der Waals surface area contributed by atoms with Crippen molar-refractivity contribution in [2.45, 2.75) is 69.4 Å². The number of anilines is 1. The molecule has 2 fully saturated rings. The van der Waals surface area contributed by atoms with Gasteiger partial charge in [-0.05, 0) is 62.1 Å². The van der Waals surface area contributed by atoms with E-state index < -0.39 is 35.8 Å². The van der Waals surface area contributed by atoms with E-state index in [1.807, 2.05) is 0 Å². The first kappa shape index (κ1) is 27.2. The monoisotopic (exact) mass is 568 g/mol. The number of carboxylic acids is 1. The lowest BCUT2D eigenvalue weighted by Gasteiger charge is -2.48. The fourth-order valence-corrected chi connectivity index (χ4v) is 6.06. The summed E-state index contributed by atoms with van der Waals surface area (Å²) in [5.41, 5.74) is 0.837. The molecule has 7 nitrogen and oxygen atoms in total. The molecule has 0 aromatic heterocycles. The Hall–Kier alpha value is -3.34. The van der Waals surface area contributed by atoms with Crippen molar-refractivity contribution in [3.63, 3.8) is 0 Å². The molecule has 0 spiro atoms. The minimum atomic E-state index is -4.88. The quantitative estimate of drug-likeness (QED) is 0.408. The summed E-state index contributed by atoms with van der Waals surface area (Å²) in [6.45, 7) is 0. The highest BCUT2D eigenvalue weighted by Gasteiger charge is 2.51. The van der Waals surface area contributed by atoms with Crippen molar-refractivity contribution in [1.29, 1.82) is 0 Å². The molecule has 0 radical (unpaired) electrons. The molecule has 1 aliphatic heterocycles. The second kappa shape index (κ2) is 10.3. The number of carboxylic acid groups (broad SMARTS) is 1. The van der Waals surface area contributed by atoms with Crippen molar-refractivity contribution in [3.05, 3.63) is 58.4 Å². The summed E-state index contributed by atoms with van der Waals surface area (Å²) in [4.78, 5) is 41.5. The van der Waals surface area contributed by atoms with Gasteiger partial charge in [0.25, 0.3) is 5.91 Å². The summed E-state index contributed by atoms with van der Waals surface area (Å²) in [5.74, 6) is -3.36. The van der Waals surface area contributed by atoms with E-state index in [1.165, 1.54) is 29.2 Å². The zero-order chi connectivity index (χ0) is 28.1. The summed E-state index contributed by atoms with van der Waals surface area (Å²) in [6, 6.07) is 6.09. The maximum atomic E-state index is 14.9. The molecule has 2 saturated carbocycles. The zero-order valence-electron chi connectivity index (χ0n) is 20.6. The van der Waals surface area contributed by atoms with Crippen molar-refractivity contribution in [3.8, 4) is 5.75 Å². The predicted molar refractivity (Wildman–Crippen MR) is 132 cm³/mol. The molecule has 3 unspecified atom stereocenters. The highest BCUT2D eigenvalue weighted by molar-refractivity contribution is 6.31. The summed E-state index contributed by atoms with van der Waals surface area (Å²) >= 11 is 6.15. The van der Waals surface area contributed by atoms with E-state index in [4.69, 9.17) is 16.7 Å². The molecule has 2 aliphatic carbocycles. The van der Waals surface area contributed by atoms with Crippen LogP contribution in [0.5, 0.6) is 5.75 Å². The summed E-state index contributed by atoms with van der Waals surface area (Å²) in [5, 5.41) is 8.90. The van der Waals surface area contributed by atoms with Gasteiger partial charge in [-0.1, -0.05) is 18.0 Å².